The Bertz CT molecular complexity index is 341. The zero-order valence-corrected chi connectivity index (χ0v) is 9.32. The van der Waals surface area contributed by atoms with Gasteiger partial charge in [0.2, 0.25) is 0 Å². The van der Waals surface area contributed by atoms with E-state index in [1.807, 2.05) is 4.90 Å². The topological polar surface area (TPSA) is 33.5 Å². The SMILES string of the molecule is CC1(C)CCCN(C(=O)c2ccco2)C1. The van der Waals surface area contributed by atoms with E-state index < -0.39 is 0 Å². The quantitative estimate of drug-likeness (QED) is 0.709. The Morgan fingerprint density at radius 2 is 2.33 bits per heavy atom. The average molecular weight is 207 g/mol. The van der Waals surface area contributed by atoms with Crippen LogP contribution in [0.15, 0.2) is 22.8 Å². The molecule has 2 heterocycles. The van der Waals surface area contributed by atoms with E-state index in [0.29, 0.717) is 5.76 Å². The van der Waals surface area contributed by atoms with Crippen molar-refractivity contribution in [2.45, 2.75) is 26.7 Å². The monoisotopic (exact) mass is 207 g/mol. The van der Waals surface area contributed by atoms with Crippen molar-refractivity contribution in [3.05, 3.63) is 24.2 Å². The molecule has 0 aliphatic carbocycles. The van der Waals surface area contributed by atoms with Crippen LogP contribution in [0.3, 0.4) is 0 Å². The number of likely N-dealkylation sites (tertiary alicyclic amines) is 1. The van der Waals surface area contributed by atoms with E-state index in [4.69, 9.17) is 4.42 Å². The van der Waals surface area contributed by atoms with Crippen molar-refractivity contribution >= 4 is 5.91 Å². The molecule has 0 N–H and O–H groups in total. The Hall–Kier alpha value is -1.25. The minimum atomic E-state index is 0.0211. The fourth-order valence-electron chi connectivity index (χ4n) is 2.15. The number of hydrogen-bond acceptors (Lipinski definition) is 2. The summed E-state index contributed by atoms with van der Waals surface area (Å²) < 4.78 is 5.13. The number of piperidine rings is 1. The highest BCUT2D eigenvalue weighted by Gasteiger charge is 2.30. The number of hydrogen-bond donors (Lipinski definition) is 0. The highest BCUT2D eigenvalue weighted by atomic mass is 16.3. The molecular weight excluding hydrogens is 190 g/mol. The number of amides is 1. The van der Waals surface area contributed by atoms with Gasteiger partial charge in [0.25, 0.3) is 5.91 Å². The van der Waals surface area contributed by atoms with E-state index in [1.165, 1.54) is 6.42 Å². The minimum absolute atomic E-state index is 0.0211. The normalized spacial score (nSPS) is 20.3. The first kappa shape index (κ1) is 10.3. The van der Waals surface area contributed by atoms with E-state index in [1.54, 1.807) is 18.4 Å². The maximum atomic E-state index is 12.0. The second-order valence-electron chi connectivity index (χ2n) is 4.97. The van der Waals surface area contributed by atoms with Crippen molar-refractivity contribution in [1.82, 2.24) is 4.90 Å². The highest BCUT2D eigenvalue weighted by Crippen LogP contribution is 2.29. The summed E-state index contributed by atoms with van der Waals surface area (Å²) in [6.45, 7) is 6.08. The van der Waals surface area contributed by atoms with Gasteiger partial charge in [0.05, 0.1) is 6.26 Å². The summed E-state index contributed by atoms with van der Waals surface area (Å²) in [5.74, 6) is 0.473. The van der Waals surface area contributed by atoms with Gasteiger partial charge in [0, 0.05) is 13.1 Å². The summed E-state index contributed by atoms with van der Waals surface area (Å²) >= 11 is 0. The van der Waals surface area contributed by atoms with E-state index in [-0.39, 0.29) is 11.3 Å². The molecular formula is C12H17NO2. The van der Waals surface area contributed by atoms with Crippen LogP contribution in [0, 0.1) is 5.41 Å². The average Bonchev–Trinajstić information content (AvgIpc) is 2.67. The number of carbonyl (C=O) groups is 1. The molecule has 1 aromatic heterocycles. The molecule has 0 radical (unpaired) electrons. The van der Waals surface area contributed by atoms with Gasteiger partial charge < -0.3 is 9.32 Å². The van der Waals surface area contributed by atoms with Crippen LogP contribution in [0.5, 0.6) is 0 Å². The zero-order chi connectivity index (χ0) is 10.9. The summed E-state index contributed by atoms with van der Waals surface area (Å²) in [6.07, 6.45) is 3.82. The second kappa shape index (κ2) is 3.72. The number of nitrogens with zero attached hydrogens (tertiary/aromatic N) is 1. The molecule has 1 amide bonds. The van der Waals surface area contributed by atoms with Gasteiger partial charge in [-0.25, -0.2) is 0 Å². The Balaban J connectivity index is 2.08. The van der Waals surface area contributed by atoms with Crippen molar-refractivity contribution in [3.63, 3.8) is 0 Å². The van der Waals surface area contributed by atoms with Gasteiger partial charge in [-0.1, -0.05) is 13.8 Å². The van der Waals surface area contributed by atoms with E-state index in [0.717, 1.165) is 19.5 Å². The molecule has 3 nitrogen and oxygen atoms in total. The van der Waals surface area contributed by atoms with Crippen LogP contribution < -0.4 is 0 Å². The molecule has 1 fully saturated rings. The molecule has 1 aliphatic heterocycles. The van der Waals surface area contributed by atoms with Crippen molar-refractivity contribution < 1.29 is 9.21 Å². The molecule has 0 unspecified atom stereocenters. The molecule has 1 saturated heterocycles. The van der Waals surface area contributed by atoms with Gasteiger partial charge in [-0.2, -0.15) is 0 Å². The Kier molecular flexibility index (Phi) is 2.55. The van der Waals surface area contributed by atoms with Crippen molar-refractivity contribution in [2.24, 2.45) is 5.41 Å². The highest BCUT2D eigenvalue weighted by molar-refractivity contribution is 5.91. The van der Waals surface area contributed by atoms with Crippen LogP contribution in [0.1, 0.15) is 37.2 Å². The first-order chi connectivity index (χ1) is 7.08. The third kappa shape index (κ3) is 2.22. The van der Waals surface area contributed by atoms with Gasteiger partial charge in [-0.3, -0.25) is 4.79 Å². The van der Waals surface area contributed by atoms with E-state index >= 15 is 0 Å². The van der Waals surface area contributed by atoms with Gasteiger partial charge in [-0.05, 0) is 30.4 Å². The third-order valence-corrected chi connectivity index (χ3v) is 2.92. The van der Waals surface area contributed by atoms with Gasteiger partial charge in [0.1, 0.15) is 0 Å². The van der Waals surface area contributed by atoms with Crippen LogP contribution in [0.25, 0.3) is 0 Å². The molecule has 0 spiro atoms. The van der Waals surface area contributed by atoms with E-state index in [2.05, 4.69) is 13.8 Å². The van der Waals surface area contributed by atoms with Crippen LogP contribution in [0.4, 0.5) is 0 Å². The fraction of sp³-hybridized carbons (Fsp3) is 0.583. The van der Waals surface area contributed by atoms with Crippen LogP contribution in [-0.2, 0) is 0 Å². The standard InChI is InChI=1S/C12H17NO2/c1-12(2)6-4-7-13(9-12)11(14)10-5-3-8-15-10/h3,5,8H,4,6-7,9H2,1-2H3. The predicted molar refractivity (Wildman–Crippen MR) is 57.6 cm³/mol. The lowest BCUT2D eigenvalue weighted by molar-refractivity contribution is 0.0552. The number of furan rings is 1. The Morgan fingerprint density at radius 3 is 2.93 bits per heavy atom. The molecule has 3 heteroatoms. The van der Waals surface area contributed by atoms with Crippen LogP contribution >= 0.6 is 0 Å². The molecule has 1 aliphatic rings. The van der Waals surface area contributed by atoms with E-state index in [9.17, 15) is 4.79 Å². The van der Waals surface area contributed by atoms with Gasteiger partial charge in [0.15, 0.2) is 5.76 Å². The summed E-state index contributed by atoms with van der Waals surface area (Å²) in [4.78, 5) is 13.9. The summed E-state index contributed by atoms with van der Waals surface area (Å²) in [6, 6.07) is 3.48. The molecule has 2 rings (SSSR count). The largest absolute Gasteiger partial charge is 0.459 e. The first-order valence-corrected chi connectivity index (χ1v) is 5.41. The minimum Gasteiger partial charge on any atom is -0.459 e. The summed E-state index contributed by atoms with van der Waals surface area (Å²) in [5, 5.41) is 0. The van der Waals surface area contributed by atoms with Crippen LogP contribution in [-0.4, -0.2) is 23.9 Å². The number of carbonyl (C=O) groups excluding carboxylic acids is 1. The second-order valence-corrected chi connectivity index (χ2v) is 4.97. The number of rotatable bonds is 1. The molecule has 0 bridgehead atoms. The molecule has 0 aromatic carbocycles. The smallest absolute Gasteiger partial charge is 0.289 e. The predicted octanol–water partition coefficient (Wildman–Crippen LogP) is 2.54. The first-order valence-electron chi connectivity index (χ1n) is 5.41. The molecule has 82 valence electrons. The zero-order valence-electron chi connectivity index (χ0n) is 9.32. The Morgan fingerprint density at radius 1 is 1.53 bits per heavy atom. The molecule has 15 heavy (non-hydrogen) atoms. The third-order valence-electron chi connectivity index (χ3n) is 2.92. The molecule has 1 aromatic rings. The maximum Gasteiger partial charge on any atom is 0.289 e. The van der Waals surface area contributed by atoms with Crippen molar-refractivity contribution in [1.29, 1.82) is 0 Å². The fourth-order valence-corrected chi connectivity index (χ4v) is 2.15. The summed E-state index contributed by atoms with van der Waals surface area (Å²) in [7, 11) is 0. The van der Waals surface area contributed by atoms with Gasteiger partial charge in [-0.15, -0.1) is 0 Å². The Labute approximate surface area is 90.1 Å². The lowest BCUT2D eigenvalue weighted by Crippen LogP contribution is -2.43. The van der Waals surface area contributed by atoms with Crippen molar-refractivity contribution in [3.8, 4) is 0 Å². The lowest BCUT2D eigenvalue weighted by Gasteiger charge is -2.37. The summed E-state index contributed by atoms with van der Waals surface area (Å²) in [5.41, 5.74) is 0.237. The molecule has 0 saturated carbocycles. The van der Waals surface area contributed by atoms with Crippen LogP contribution in [0.2, 0.25) is 0 Å². The molecule has 0 atom stereocenters. The maximum absolute atomic E-state index is 12.0. The lowest BCUT2D eigenvalue weighted by atomic mass is 9.84. The van der Waals surface area contributed by atoms with Gasteiger partial charge >= 0.3 is 0 Å². The van der Waals surface area contributed by atoms with Crippen molar-refractivity contribution in [2.75, 3.05) is 13.1 Å².